The van der Waals surface area contributed by atoms with Crippen LogP contribution in [0.4, 0.5) is 0 Å². The summed E-state index contributed by atoms with van der Waals surface area (Å²) in [5.74, 6) is 0. The Labute approximate surface area is 263 Å². The number of fused-ring (bicyclic) bond motifs is 2. The van der Waals surface area contributed by atoms with Gasteiger partial charge in [-0.1, -0.05) is 151 Å². The number of hydrogen-bond donors (Lipinski definition) is 0. The van der Waals surface area contributed by atoms with Crippen LogP contribution in [0.1, 0.15) is 36.0 Å². The number of thioether (sulfide) groups is 1. The van der Waals surface area contributed by atoms with Gasteiger partial charge < -0.3 is 0 Å². The molecule has 0 nitrogen and oxygen atoms in total. The van der Waals surface area contributed by atoms with E-state index >= 15 is 0 Å². The zero-order valence-corrected chi connectivity index (χ0v) is 25.4. The third-order valence-corrected chi connectivity index (χ3v) is 9.78. The second-order valence-electron chi connectivity index (χ2n) is 11.0. The largest absolute Gasteiger partial charge is 0.0888 e. The molecule has 2 aliphatic rings. The molecule has 0 spiro atoms. The number of rotatable bonds is 5. The number of allylic oxidation sites excluding steroid dienone is 8. The minimum absolute atomic E-state index is 0.883. The van der Waals surface area contributed by atoms with Crippen molar-refractivity contribution in [1.82, 2.24) is 0 Å². The number of halogens is 1. The highest BCUT2D eigenvalue weighted by atomic mass is 35.5. The molecule has 1 aliphatic carbocycles. The van der Waals surface area contributed by atoms with Crippen LogP contribution in [0.15, 0.2) is 167 Å². The van der Waals surface area contributed by atoms with Crippen LogP contribution < -0.4 is 0 Å². The van der Waals surface area contributed by atoms with Gasteiger partial charge in [-0.05, 0) is 98.8 Å². The third-order valence-electron chi connectivity index (χ3n) is 8.15. The smallest absolute Gasteiger partial charge is 0.0469 e. The summed E-state index contributed by atoms with van der Waals surface area (Å²) in [7, 11) is 0. The van der Waals surface area contributed by atoms with Gasteiger partial charge in [0.1, 0.15) is 0 Å². The van der Waals surface area contributed by atoms with Gasteiger partial charge >= 0.3 is 0 Å². The highest BCUT2D eigenvalue weighted by Crippen LogP contribution is 2.45. The van der Waals surface area contributed by atoms with Crippen molar-refractivity contribution in [2.75, 3.05) is 0 Å². The van der Waals surface area contributed by atoms with Crippen molar-refractivity contribution < 1.29 is 0 Å². The van der Waals surface area contributed by atoms with Crippen LogP contribution in [0.5, 0.6) is 0 Å². The summed E-state index contributed by atoms with van der Waals surface area (Å²) in [5, 5.41) is 3.38. The molecule has 2 heteroatoms. The van der Waals surface area contributed by atoms with Crippen LogP contribution in [-0.2, 0) is 0 Å². The van der Waals surface area contributed by atoms with Gasteiger partial charge in [0.2, 0.25) is 0 Å². The Kier molecular flexibility index (Phi) is 8.01. The van der Waals surface area contributed by atoms with Gasteiger partial charge in [0, 0.05) is 14.8 Å². The van der Waals surface area contributed by atoms with E-state index in [1.165, 1.54) is 65.1 Å². The molecule has 43 heavy (non-hydrogen) atoms. The average molecular weight is 591 g/mol. The summed E-state index contributed by atoms with van der Waals surface area (Å²) in [6.45, 7) is 0. The lowest BCUT2D eigenvalue weighted by Gasteiger charge is -2.20. The second-order valence-corrected chi connectivity index (χ2v) is 12.4. The normalized spacial score (nSPS) is 17.1. The topological polar surface area (TPSA) is 0 Å². The predicted molar refractivity (Wildman–Crippen MR) is 188 cm³/mol. The van der Waals surface area contributed by atoms with E-state index in [0.717, 1.165) is 24.3 Å². The van der Waals surface area contributed by atoms with Crippen molar-refractivity contribution in [1.29, 1.82) is 0 Å². The quantitative estimate of drug-likeness (QED) is 0.196. The monoisotopic (exact) mass is 590 g/mol. The Morgan fingerprint density at radius 2 is 1.35 bits per heavy atom. The van der Waals surface area contributed by atoms with Crippen molar-refractivity contribution >= 4 is 50.7 Å². The molecule has 5 aromatic carbocycles. The minimum Gasteiger partial charge on any atom is -0.0888 e. The molecule has 0 aromatic heterocycles. The molecular formula is C41H31ClS. The first-order valence-electron chi connectivity index (χ1n) is 14.8. The Morgan fingerprint density at radius 1 is 0.628 bits per heavy atom. The molecule has 0 saturated carbocycles. The van der Waals surface area contributed by atoms with Crippen LogP contribution in [0, 0.1) is 0 Å². The van der Waals surface area contributed by atoms with Crippen molar-refractivity contribution in [3.05, 3.63) is 179 Å². The first kappa shape index (κ1) is 27.5. The number of hydrogen-bond acceptors (Lipinski definition) is 1. The Balaban J connectivity index is 1.24. The summed E-state index contributed by atoms with van der Waals surface area (Å²) < 4.78 is 0. The summed E-state index contributed by atoms with van der Waals surface area (Å²) in [5.41, 5.74) is 9.80. The van der Waals surface area contributed by atoms with Gasteiger partial charge in [-0.15, -0.1) is 0 Å². The van der Waals surface area contributed by atoms with Crippen LogP contribution >= 0.6 is 23.4 Å². The van der Waals surface area contributed by atoms with Crippen LogP contribution in [-0.4, -0.2) is 0 Å². The Hall–Kier alpha value is -4.30. The lowest BCUT2D eigenvalue weighted by molar-refractivity contribution is 0.792. The molecule has 5 aromatic rings. The van der Waals surface area contributed by atoms with Gasteiger partial charge in [0.05, 0.1) is 0 Å². The fourth-order valence-corrected chi connectivity index (χ4v) is 7.34. The molecule has 0 bridgehead atoms. The molecule has 7 rings (SSSR count). The summed E-state index contributed by atoms with van der Waals surface area (Å²) in [4.78, 5) is 2.55. The van der Waals surface area contributed by atoms with Gasteiger partial charge in [-0.3, -0.25) is 0 Å². The maximum Gasteiger partial charge on any atom is 0.0469 e. The van der Waals surface area contributed by atoms with Crippen LogP contribution in [0.3, 0.4) is 0 Å². The number of benzene rings is 5. The van der Waals surface area contributed by atoms with E-state index in [4.69, 9.17) is 11.6 Å². The van der Waals surface area contributed by atoms with E-state index in [0.29, 0.717) is 0 Å². The summed E-state index contributed by atoms with van der Waals surface area (Å²) in [6, 6.07) is 43.1. The molecule has 208 valence electrons. The van der Waals surface area contributed by atoms with Crippen LogP contribution in [0.2, 0.25) is 0 Å². The minimum atomic E-state index is 0.883. The first-order valence-corrected chi connectivity index (χ1v) is 16.0. The molecule has 0 N–H and O–H groups in total. The highest BCUT2D eigenvalue weighted by molar-refractivity contribution is 8.08. The summed E-state index contributed by atoms with van der Waals surface area (Å²) >= 11 is 8.95. The molecule has 0 atom stereocenters. The lowest BCUT2D eigenvalue weighted by Crippen LogP contribution is -1.98. The van der Waals surface area contributed by atoms with Gasteiger partial charge in [-0.2, -0.15) is 0 Å². The van der Waals surface area contributed by atoms with E-state index in [1.54, 1.807) is 0 Å². The highest BCUT2D eigenvalue weighted by Gasteiger charge is 2.18. The Bertz CT molecular complexity index is 1960. The maximum absolute atomic E-state index is 7.11. The van der Waals surface area contributed by atoms with Crippen molar-refractivity contribution in [2.45, 2.75) is 24.2 Å². The second kappa shape index (κ2) is 12.5. The average Bonchev–Trinajstić information content (AvgIpc) is 3.07. The zero-order chi connectivity index (χ0) is 29.0. The SMILES string of the molecule is ClC1=C(/C=C/c2cc(-c3ccccc3)cc3ccccc23)CCC/C1=C\C=C1/C=C(c2ccccc2)Sc2ccccc21. The fraction of sp³-hybridized carbons (Fsp3) is 0.0732. The summed E-state index contributed by atoms with van der Waals surface area (Å²) in [6.07, 6.45) is 14.3. The van der Waals surface area contributed by atoms with E-state index in [2.05, 4.69) is 152 Å². The molecule has 0 radical (unpaired) electrons. The van der Waals surface area contributed by atoms with Crippen LogP contribution in [0.25, 0.3) is 38.5 Å². The van der Waals surface area contributed by atoms with E-state index in [9.17, 15) is 0 Å². The third kappa shape index (κ3) is 5.97. The van der Waals surface area contributed by atoms with Gasteiger partial charge in [0.25, 0.3) is 0 Å². The molecule has 0 saturated heterocycles. The van der Waals surface area contributed by atoms with E-state index in [-0.39, 0.29) is 0 Å². The molecule has 1 heterocycles. The van der Waals surface area contributed by atoms with E-state index in [1.807, 2.05) is 11.8 Å². The van der Waals surface area contributed by atoms with Crippen molar-refractivity contribution in [3.63, 3.8) is 0 Å². The lowest BCUT2D eigenvalue weighted by atomic mass is 9.92. The zero-order valence-electron chi connectivity index (χ0n) is 23.8. The van der Waals surface area contributed by atoms with Crippen molar-refractivity contribution in [2.24, 2.45) is 0 Å². The maximum atomic E-state index is 7.11. The predicted octanol–water partition coefficient (Wildman–Crippen LogP) is 12.4. The van der Waals surface area contributed by atoms with E-state index < -0.39 is 0 Å². The molecule has 1 aliphatic heterocycles. The van der Waals surface area contributed by atoms with Gasteiger partial charge in [0.15, 0.2) is 0 Å². The standard InChI is InChI=1S/C41H31ClS/c42-41-31(22-24-34-27-36(29-12-3-1-4-13-29)26-33-16-7-8-19-37(33)34)17-11-18-32(41)23-25-35-28-40(30-14-5-2-6-15-30)43-39-21-10-9-20-38(35)39/h1-10,12-16,19-28H,11,17-18H2/b24-22+,32-23+,35-25+. The first-order chi connectivity index (χ1) is 21.2. The van der Waals surface area contributed by atoms with Crippen molar-refractivity contribution in [3.8, 4) is 11.1 Å². The fourth-order valence-electron chi connectivity index (χ4n) is 5.91. The molecule has 0 fully saturated rings. The molecule has 0 amide bonds. The molecule has 0 unspecified atom stereocenters. The molecular weight excluding hydrogens is 560 g/mol. The van der Waals surface area contributed by atoms with Gasteiger partial charge in [-0.25, -0.2) is 0 Å². The Morgan fingerprint density at radius 3 is 2.19 bits per heavy atom.